The van der Waals surface area contributed by atoms with Crippen molar-refractivity contribution < 1.29 is 0 Å². The second kappa shape index (κ2) is 4.18. The fourth-order valence-electron chi connectivity index (χ4n) is 3.01. The molecule has 0 aliphatic heterocycles. The van der Waals surface area contributed by atoms with Crippen LogP contribution in [0.1, 0.15) is 53.9 Å². The first kappa shape index (κ1) is 12.6. The second-order valence-electron chi connectivity index (χ2n) is 6.52. The summed E-state index contributed by atoms with van der Waals surface area (Å²) >= 11 is 0. The maximum Gasteiger partial charge on any atom is 0.0743 e. The van der Waals surface area contributed by atoms with Gasteiger partial charge in [-0.15, -0.1) is 6.42 Å². The Bertz CT molecular complexity index is 257. The SMILES string of the molecule is C#CC(C)(C)NC1CC(C)CC(C)(C)C1. The Hall–Kier alpha value is -0.480. The monoisotopic (exact) mass is 207 g/mol. The van der Waals surface area contributed by atoms with Gasteiger partial charge >= 0.3 is 0 Å². The van der Waals surface area contributed by atoms with E-state index in [4.69, 9.17) is 6.42 Å². The highest BCUT2D eigenvalue weighted by Crippen LogP contribution is 2.38. The van der Waals surface area contributed by atoms with Gasteiger partial charge in [0.15, 0.2) is 0 Å². The molecule has 0 bridgehead atoms. The summed E-state index contributed by atoms with van der Waals surface area (Å²) in [5.41, 5.74) is 0.290. The van der Waals surface area contributed by atoms with Gasteiger partial charge < -0.3 is 0 Å². The molecule has 1 N–H and O–H groups in total. The minimum Gasteiger partial charge on any atom is -0.299 e. The van der Waals surface area contributed by atoms with Crippen LogP contribution in [0.15, 0.2) is 0 Å². The van der Waals surface area contributed by atoms with E-state index in [-0.39, 0.29) is 5.54 Å². The molecule has 15 heavy (non-hydrogen) atoms. The van der Waals surface area contributed by atoms with Crippen molar-refractivity contribution in [1.29, 1.82) is 0 Å². The minimum atomic E-state index is -0.169. The second-order valence-corrected chi connectivity index (χ2v) is 6.52. The fraction of sp³-hybridized carbons (Fsp3) is 0.857. The molecule has 2 atom stereocenters. The topological polar surface area (TPSA) is 12.0 Å². The number of nitrogens with one attached hydrogen (secondary N) is 1. The van der Waals surface area contributed by atoms with Crippen molar-refractivity contribution in [3.8, 4) is 12.3 Å². The summed E-state index contributed by atoms with van der Waals surface area (Å²) in [5.74, 6) is 3.63. The molecule has 0 radical (unpaired) electrons. The fourth-order valence-corrected chi connectivity index (χ4v) is 3.01. The van der Waals surface area contributed by atoms with Gasteiger partial charge in [-0.2, -0.15) is 0 Å². The lowest BCUT2D eigenvalue weighted by molar-refractivity contribution is 0.140. The zero-order chi connectivity index (χ0) is 11.7. The average Bonchev–Trinajstić information content (AvgIpc) is 1.99. The predicted octanol–water partition coefficient (Wildman–Crippen LogP) is 3.20. The van der Waals surface area contributed by atoms with Crippen LogP contribution in [0.4, 0.5) is 0 Å². The molecule has 0 aromatic heterocycles. The summed E-state index contributed by atoms with van der Waals surface area (Å²) in [6.45, 7) is 11.2. The number of terminal acetylenes is 1. The van der Waals surface area contributed by atoms with Gasteiger partial charge in [0.05, 0.1) is 5.54 Å². The first-order valence-electron chi connectivity index (χ1n) is 5.99. The van der Waals surface area contributed by atoms with Gasteiger partial charge in [-0.25, -0.2) is 0 Å². The van der Waals surface area contributed by atoms with E-state index in [9.17, 15) is 0 Å². The molecular formula is C14H25N. The molecule has 86 valence electrons. The van der Waals surface area contributed by atoms with Crippen molar-refractivity contribution in [1.82, 2.24) is 5.32 Å². The lowest BCUT2D eigenvalue weighted by Crippen LogP contribution is -2.49. The van der Waals surface area contributed by atoms with Gasteiger partial charge in [0.2, 0.25) is 0 Å². The molecule has 1 nitrogen and oxygen atoms in total. The van der Waals surface area contributed by atoms with Crippen LogP contribution in [-0.2, 0) is 0 Å². The van der Waals surface area contributed by atoms with E-state index in [0.29, 0.717) is 11.5 Å². The zero-order valence-electron chi connectivity index (χ0n) is 10.9. The van der Waals surface area contributed by atoms with Crippen LogP contribution >= 0.6 is 0 Å². The Morgan fingerprint density at radius 3 is 2.40 bits per heavy atom. The highest BCUT2D eigenvalue weighted by molar-refractivity contribution is 5.09. The lowest BCUT2D eigenvalue weighted by Gasteiger charge is -2.41. The normalized spacial score (nSPS) is 30.9. The molecule has 2 unspecified atom stereocenters. The molecule has 0 heterocycles. The Balaban J connectivity index is 2.61. The van der Waals surface area contributed by atoms with Crippen molar-refractivity contribution in [3.05, 3.63) is 0 Å². The van der Waals surface area contributed by atoms with Crippen molar-refractivity contribution >= 4 is 0 Å². The molecule has 1 aliphatic carbocycles. The number of hydrogen-bond donors (Lipinski definition) is 1. The molecule has 1 aliphatic rings. The van der Waals surface area contributed by atoms with Gasteiger partial charge in [0, 0.05) is 6.04 Å². The minimum absolute atomic E-state index is 0.169. The third kappa shape index (κ3) is 3.87. The molecule has 0 aromatic carbocycles. The molecule has 1 rings (SSSR count). The van der Waals surface area contributed by atoms with E-state index < -0.39 is 0 Å². The summed E-state index contributed by atoms with van der Waals surface area (Å²) in [5, 5.41) is 3.59. The first-order valence-corrected chi connectivity index (χ1v) is 5.99. The van der Waals surface area contributed by atoms with E-state index in [2.05, 4.69) is 45.9 Å². The van der Waals surface area contributed by atoms with Crippen LogP contribution in [-0.4, -0.2) is 11.6 Å². The lowest BCUT2D eigenvalue weighted by atomic mass is 9.70. The highest BCUT2D eigenvalue weighted by atomic mass is 15.0. The molecule has 1 heteroatoms. The summed E-state index contributed by atoms with van der Waals surface area (Å²) in [6, 6.07) is 0.579. The molecular weight excluding hydrogens is 182 g/mol. The van der Waals surface area contributed by atoms with Crippen LogP contribution in [0.2, 0.25) is 0 Å². The number of rotatable bonds is 2. The van der Waals surface area contributed by atoms with Gasteiger partial charge in [0.25, 0.3) is 0 Å². The maximum atomic E-state index is 5.51. The van der Waals surface area contributed by atoms with Crippen molar-refractivity contribution in [2.75, 3.05) is 0 Å². The van der Waals surface area contributed by atoms with Crippen LogP contribution in [0.25, 0.3) is 0 Å². The first-order chi connectivity index (χ1) is 6.74. The summed E-state index contributed by atoms with van der Waals surface area (Å²) in [7, 11) is 0. The largest absolute Gasteiger partial charge is 0.299 e. The van der Waals surface area contributed by atoms with E-state index in [1.165, 1.54) is 19.3 Å². The summed E-state index contributed by atoms with van der Waals surface area (Å²) < 4.78 is 0. The highest BCUT2D eigenvalue weighted by Gasteiger charge is 2.33. The quantitative estimate of drug-likeness (QED) is 0.686. The van der Waals surface area contributed by atoms with E-state index in [1.807, 2.05) is 0 Å². The number of hydrogen-bond acceptors (Lipinski definition) is 1. The van der Waals surface area contributed by atoms with E-state index >= 15 is 0 Å². The third-order valence-electron chi connectivity index (χ3n) is 3.31. The van der Waals surface area contributed by atoms with Crippen LogP contribution in [0.3, 0.4) is 0 Å². The van der Waals surface area contributed by atoms with Crippen molar-refractivity contribution in [2.45, 2.75) is 65.5 Å². The zero-order valence-corrected chi connectivity index (χ0v) is 10.9. The Labute approximate surface area is 95.0 Å². The maximum absolute atomic E-state index is 5.51. The van der Waals surface area contributed by atoms with Crippen LogP contribution in [0.5, 0.6) is 0 Å². The molecule has 0 saturated heterocycles. The van der Waals surface area contributed by atoms with Gasteiger partial charge in [0.1, 0.15) is 0 Å². The molecule has 1 fully saturated rings. The van der Waals surface area contributed by atoms with E-state index in [1.54, 1.807) is 0 Å². The Morgan fingerprint density at radius 2 is 1.93 bits per heavy atom. The van der Waals surface area contributed by atoms with Crippen molar-refractivity contribution in [3.63, 3.8) is 0 Å². The van der Waals surface area contributed by atoms with Gasteiger partial charge in [-0.05, 0) is 44.4 Å². The Kier molecular flexibility index (Phi) is 3.51. The standard InChI is InChI=1S/C14H25N/c1-7-14(5,6)15-12-8-11(2)9-13(3,4)10-12/h1,11-12,15H,8-10H2,2-6H3. The van der Waals surface area contributed by atoms with E-state index in [0.717, 1.165) is 5.92 Å². The Morgan fingerprint density at radius 1 is 1.33 bits per heavy atom. The van der Waals surface area contributed by atoms with Gasteiger partial charge in [-0.1, -0.05) is 26.7 Å². The average molecular weight is 207 g/mol. The summed E-state index contributed by atoms with van der Waals surface area (Å²) in [4.78, 5) is 0. The van der Waals surface area contributed by atoms with Crippen LogP contribution in [0, 0.1) is 23.7 Å². The molecule has 0 spiro atoms. The molecule has 0 aromatic rings. The molecule has 1 saturated carbocycles. The smallest absolute Gasteiger partial charge is 0.0743 e. The molecule has 0 amide bonds. The predicted molar refractivity (Wildman–Crippen MR) is 66.6 cm³/mol. The van der Waals surface area contributed by atoms with Crippen molar-refractivity contribution in [2.24, 2.45) is 11.3 Å². The third-order valence-corrected chi connectivity index (χ3v) is 3.31. The van der Waals surface area contributed by atoms with Gasteiger partial charge in [-0.3, -0.25) is 5.32 Å². The van der Waals surface area contributed by atoms with Crippen LogP contribution < -0.4 is 5.32 Å². The summed E-state index contributed by atoms with van der Waals surface area (Å²) in [6.07, 6.45) is 9.35.